The fourth-order valence-corrected chi connectivity index (χ4v) is 3.58. The van der Waals surface area contributed by atoms with Gasteiger partial charge in [-0.25, -0.2) is 15.0 Å². The maximum atomic E-state index is 6.10. The Hall–Kier alpha value is -3.29. The predicted octanol–water partition coefficient (Wildman–Crippen LogP) is 3.10. The normalized spacial score (nSPS) is 15.0. The molecular formula is C22H22N6O. The Balaban J connectivity index is 1.41. The molecule has 2 aromatic heterocycles. The summed E-state index contributed by atoms with van der Waals surface area (Å²) in [4.78, 5) is 19.4. The van der Waals surface area contributed by atoms with E-state index in [9.17, 15) is 0 Å². The number of nitrogens with two attached hydrogens (primary N) is 1. The van der Waals surface area contributed by atoms with Gasteiger partial charge in [0.05, 0.1) is 36.1 Å². The van der Waals surface area contributed by atoms with E-state index in [-0.39, 0.29) is 0 Å². The average molecular weight is 386 g/mol. The molecule has 2 aromatic carbocycles. The van der Waals surface area contributed by atoms with E-state index in [4.69, 9.17) is 15.5 Å². The topological polar surface area (TPSA) is 92.9 Å². The van der Waals surface area contributed by atoms with Gasteiger partial charge in [-0.1, -0.05) is 36.4 Å². The predicted molar refractivity (Wildman–Crippen MR) is 113 cm³/mol. The first-order chi connectivity index (χ1) is 14.3. The smallest absolute Gasteiger partial charge is 0.161 e. The fourth-order valence-electron chi connectivity index (χ4n) is 3.58. The molecule has 146 valence electrons. The zero-order chi connectivity index (χ0) is 19.6. The molecule has 1 aliphatic heterocycles. The fraction of sp³-hybridized carbons (Fsp3) is 0.227. The quantitative estimate of drug-likeness (QED) is 0.560. The van der Waals surface area contributed by atoms with Crippen LogP contribution in [0.15, 0.2) is 54.7 Å². The van der Waals surface area contributed by atoms with Crippen LogP contribution < -0.4 is 5.73 Å². The lowest BCUT2D eigenvalue weighted by Crippen LogP contribution is -2.35. The van der Waals surface area contributed by atoms with Crippen LogP contribution >= 0.6 is 0 Å². The Bertz CT molecular complexity index is 1100. The molecule has 0 amide bonds. The Morgan fingerprint density at radius 2 is 1.79 bits per heavy atom. The molecule has 0 atom stereocenters. The number of morpholine rings is 1. The maximum Gasteiger partial charge on any atom is 0.161 e. The van der Waals surface area contributed by atoms with Crippen LogP contribution in [0.25, 0.3) is 33.8 Å². The highest BCUT2D eigenvalue weighted by Crippen LogP contribution is 2.26. The molecule has 7 heteroatoms. The number of H-pyrrole nitrogens is 1. The number of para-hydroxylation sites is 2. The third-order valence-corrected chi connectivity index (χ3v) is 5.17. The van der Waals surface area contributed by atoms with Crippen molar-refractivity contribution in [2.75, 3.05) is 32.0 Å². The minimum atomic E-state index is 0.358. The number of benzene rings is 2. The highest BCUT2D eigenvalue weighted by Gasteiger charge is 2.14. The summed E-state index contributed by atoms with van der Waals surface area (Å²) in [6.07, 6.45) is 1.71. The molecule has 0 bridgehead atoms. The van der Waals surface area contributed by atoms with Gasteiger partial charge in [0.2, 0.25) is 0 Å². The first kappa shape index (κ1) is 17.8. The zero-order valence-corrected chi connectivity index (χ0v) is 16.0. The molecule has 0 unspecified atom stereocenters. The van der Waals surface area contributed by atoms with E-state index in [2.05, 4.69) is 44.1 Å². The van der Waals surface area contributed by atoms with Gasteiger partial charge in [0, 0.05) is 25.2 Å². The number of nitrogen functional groups attached to an aromatic ring is 1. The number of hydrogen-bond donors (Lipinski definition) is 2. The minimum absolute atomic E-state index is 0.358. The molecule has 3 N–H and O–H groups in total. The Labute approximate surface area is 168 Å². The molecule has 3 heterocycles. The second kappa shape index (κ2) is 7.62. The van der Waals surface area contributed by atoms with Crippen molar-refractivity contribution >= 4 is 16.9 Å². The van der Waals surface area contributed by atoms with E-state index in [0.29, 0.717) is 17.3 Å². The number of aromatic nitrogens is 4. The highest BCUT2D eigenvalue weighted by molar-refractivity contribution is 5.80. The molecule has 0 radical (unpaired) electrons. The molecule has 1 saturated heterocycles. The summed E-state index contributed by atoms with van der Waals surface area (Å²) >= 11 is 0. The van der Waals surface area contributed by atoms with E-state index in [1.807, 2.05) is 24.3 Å². The minimum Gasteiger partial charge on any atom is -0.382 e. The lowest BCUT2D eigenvalue weighted by atomic mass is 10.1. The summed E-state index contributed by atoms with van der Waals surface area (Å²) in [5.41, 5.74) is 11.5. The first-order valence-corrected chi connectivity index (χ1v) is 9.73. The largest absolute Gasteiger partial charge is 0.382 e. The van der Waals surface area contributed by atoms with E-state index in [0.717, 1.165) is 55.1 Å². The summed E-state index contributed by atoms with van der Waals surface area (Å²) in [6, 6.07) is 16.3. The second-order valence-electron chi connectivity index (χ2n) is 7.18. The average Bonchev–Trinajstić information content (AvgIpc) is 3.19. The lowest BCUT2D eigenvalue weighted by molar-refractivity contribution is 0.0342. The number of nitrogens with zero attached hydrogens (tertiary/aromatic N) is 4. The molecule has 0 aliphatic carbocycles. The summed E-state index contributed by atoms with van der Waals surface area (Å²) < 4.78 is 5.42. The van der Waals surface area contributed by atoms with Gasteiger partial charge in [-0.3, -0.25) is 4.90 Å². The van der Waals surface area contributed by atoms with Crippen LogP contribution in [-0.2, 0) is 11.3 Å². The lowest BCUT2D eigenvalue weighted by Gasteiger charge is -2.26. The maximum absolute atomic E-state index is 6.10. The van der Waals surface area contributed by atoms with E-state index >= 15 is 0 Å². The van der Waals surface area contributed by atoms with Crippen LogP contribution in [0.1, 0.15) is 5.56 Å². The number of anilines is 1. The van der Waals surface area contributed by atoms with Crippen molar-refractivity contribution in [3.05, 3.63) is 60.3 Å². The number of imidazole rings is 1. The van der Waals surface area contributed by atoms with Gasteiger partial charge in [0.25, 0.3) is 0 Å². The molecule has 4 aromatic rings. The van der Waals surface area contributed by atoms with Crippen LogP contribution in [0.3, 0.4) is 0 Å². The number of ether oxygens (including phenoxy) is 1. The number of rotatable bonds is 4. The van der Waals surface area contributed by atoms with Crippen molar-refractivity contribution in [1.82, 2.24) is 24.8 Å². The third kappa shape index (κ3) is 3.70. The molecule has 5 rings (SSSR count). The number of hydrogen-bond acceptors (Lipinski definition) is 6. The number of fused-ring (bicyclic) bond motifs is 1. The third-order valence-electron chi connectivity index (χ3n) is 5.17. The number of nitrogens with one attached hydrogen (secondary N) is 1. The van der Waals surface area contributed by atoms with Crippen LogP contribution in [0.2, 0.25) is 0 Å². The van der Waals surface area contributed by atoms with Crippen molar-refractivity contribution in [3.8, 4) is 22.8 Å². The Kier molecular flexibility index (Phi) is 4.67. The van der Waals surface area contributed by atoms with Crippen molar-refractivity contribution in [2.45, 2.75) is 6.54 Å². The van der Waals surface area contributed by atoms with Crippen molar-refractivity contribution in [2.24, 2.45) is 0 Å². The molecule has 0 saturated carbocycles. The highest BCUT2D eigenvalue weighted by atomic mass is 16.5. The van der Waals surface area contributed by atoms with Gasteiger partial charge < -0.3 is 15.5 Å². The van der Waals surface area contributed by atoms with Crippen LogP contribution in [0, 0.1) is 0 Å². The van der Waals surface area contributed by atoms with Gasteiger partial charge in [0.1, 0.15) is 5.69 Å². The summed E-state index contributed by atoms with van der Waals surface area (Å²) in [5, 5.41) is 0. The van der Waals surface area contributed by atoms with E-state index < -0.39 is 0 Å². The molecule has 0 spiro atoms. The Morgan fingerprint density at radius 1 is 1.00 bits per heavy atom. The standard InChI is InChI=1S/C22H22N6O/c23-21-20(22-26-17-3-1-2-4-18(17)27-22)25-19(13-24-21)16-7-5-15(6-8-16)14-28-9-11-29-12-10-28/h1-8,13H,9-12,14H2,(H2,23,24)(H,26,27). The SMILES string of the molecule is Nc1ncc(-c2ccc(CN3CCOCC3)cc2)nc1-c1nc2ccccc2[nH]1. The molecule has 7 nitrogen and oxygen atoms in total. The van der Waals surface area contributed by atoms with Gasteiger partial charge in [0.15, 0.2) is 11.6 Å². The number of aromatic amines is 1. The molecule has 1 fully saturated rings. The van der Waals surface area contributed by atoms with E-state index in [1.54, 1.807) is 6.20 Å². The van der Waals surface area contributed by atoms with Crippen LogP contribution in [0.5, 0.6) is 0 Å². The Morgan fingerprint density at radius 3 is 2.59 bits per heavy atom. The van der Waals surface area contributed by atoms with Gasteiger partial charge >= 0.3 is 0 Å². The van der Waals surface area contributed by atoms with E-state index in [1.165, 1.54) is 5.56 Å². The summed E-state index contributed by atoms with van der Waals surface area (Å²) in [5.74, 6) is 0.985. The molecule has 29 heavy (non-hydrogen) atoms. The van der Waals surface area contributed by atoms with Gasteiger partial charge in [-0.15, -0.1) is 0 Å². The van der Waals surface area contributed by atoms with Crippen molar-refractivity contribution < 1.29 is 4.74 Å². The zero-order valence-electron chi connectivity index (χ0n) is 16.0. The first-order valence-electron chi connectivity index (χ1n) is 9.73. The van der Waals surface area contributed by atoms with Crippen molar-refractivity contribution in [3.63, 3.8) is 0 Å². The summed E-state index contributed by atoms with van der Waals surface area (Å²) in [7, 11) is 0. The van der Waals surface area contributed by atoms with Gasteiger partial charge in [-0.2, -0.15) is 0 Å². The molecule has 1 aliphatic rings. The monoisotopic (exact) mass is 386 g/mol. The van der Waals surface area contributed by atoms with Crippen molar-refractivity contribution in [1.29, 1.82) is 0 Å². The van der Waals surface area contributed by atoms with Gasteiger partial charge in [-0.05, 0) is 17.7 Å². The van der Waals surface area contributed by atoms with Crippen LogP contribution in [-0.4, -0.2) is 51.1 Å². The second-order valence-corrected chi connectivity index (χ2v) is 7.18. The van der Waals surface area contributed by atoms with Crippen LogP contribution in [0.4, 0.5) is 5.82 Å². The summed E-state index contributed by atoms with van der Waals surface area (Å²) in [6.45, 7) is 4.51. The molecular weight excluding hydrogens is 364 g/mol.